The molecule has 1 aliphatic heterocycles. The third-order valence-electron chi connectivity index (χ3n) is 6.39. The monoisotopic (exact) mass is 411 g/mol. The first-order valence-electron chi connectivity index (χ1n) is 10.3. The normalized spacial score (nSPS) is 21.6. The van der Waals surface area contributed by atoms with E-state index in [1.807, 2.05) is 31.6 Å². The van der Waals surface area contributed by atoms with Crippen LogP contribution in [0.3, 0.4) is 0 Å². The molecule has 1 aromatic carbocycles. The first-order valence-corrected chi connectivity index (χ1v) is 11.9. The quantitative estimate of drug-likeness (QED) is 0.838. The van der Waals surface area contributed by atoms with Gasteiger partial charge in [-0.1, -0.05) is 6.07 Å². The highest BCUT2D eigenvalue weighted by Crippen LogP contribution is 2.39. The molecule has 1 N–H and O–H groups in total. The molecule has 1 atom stereocenters. The molecule has 3 aliphatic rings. The van der Waals surface area contributed by atoms with Crippen molar-refractivity contribution in [3.05, 3.63) is 47.3 Å². The number of hydrogen-bond acceptors (Lipinski definition) is 4. The summed E-state index contributed by atoms with van der Waals surface area (Å²) in [5, 5.41) is -0.218. The van der Waals surface area contributed by atoms with Crippen LogP contribution in [0.25, 0.3) is 11.1 Å². The number of anilines is 1. The average molecular weight is 412 g/mol. The minimum atomic E-state index is -3.25. The van der Waals surface area contributed by atoms with E-state index >= 15 is 0 Å². The Morgan fingerprint density at radius 1 is 1.10 bits per heavy atom. The van der Waals surface area contributed by atoms with Crippen LogP contribution in [0.15, 0.2) is 30.6 Å². The molecule has 1 saturated carbocycles. The summed E-state index contributed by atoms with van der Waals surface area (Å²) in [6, 6.07) is 6.02. The number of nitrogens with one attached hydrogen (secondary N) is 1. The van der Waals surface area contributed by atoms with E-state index in [1.165, 1.54) is 11.1 Å². The van der Waals surface area contributed by atoms with E-state index in [4.69, 9.17) is 0 Å². The van der Waals surface area contributed by atoms with Crippen LogP contribution in [0.4, 0.5) is 5.69 Å². The number of hydrogen-bond donors (Lipinski definition) is 1. The second-order valence-corrected chi connectivity index (χ2v) is 10.4. The van der Waals surface area contributed by atoms with Gasteiger partial charge in [0.15, 0.2) is 0 Å². The van der Waals surface area contributed by atoms with Gasteiger partial charge < -0.3 is 4.90 Å². The molecule has 1 unspecified atom stereocenters. The summed E-state index contributed by atoms with van der Waals surface area (Å²) in [6.45, 7) is 0. The fraction of sp³-hybridized carbons (Fsp3) is 0.455. The number of aryl methyl sites for hydroxylation is 1. The van der Waals surface area contributed by atoms with Crippen LogP contribution in [0, 0.1) is 0 Å². The van der Waals surface area contributed by atoms with Crippen LogP contribution in [0.2, 0.25) is 0 Å². The van der Waals surface area contributed by atoms with Crippen molar-refractivity contribution >= 4 is 21.6 Å². The summed E-state index contributed by atoms with van der Waals surface area (Å²) in [7, 11) is -1.42. The lowest BCUT2D eigenvalue weighted by Crippen LogP contribution is -2.33. The predicted octanol–water partition coefficient (Wildman–Crippen LogP) is 3.12. The SMILES string of the molecule is CN1C(=O)CCc2cc(-c3cncc4c3CCCC4NS(=O)(=O)C3CC3)ccc21. The van der Waals surface area contributed by atoms with E-state index < -0.39 is 10.0 Å². The zero-order chi connectivity index (χ0) is 20.2. The van der Waals surface area contributed by atoms with Crippen LogP contribution in [-0.2, 0) is 27.7 Å². The Morgan fingerprint density at radius 2 is 1.93 bits per heavy atom. The standard InChI is InChI=1S/C22H25N3O3S/c1-25-21-9-5-14(11-15(21)6-10-22(25)26)18-12-23-13-19-17(18)3-2-4-20(19)24-29(27,28)16-7-8-16/h5,9,11-13,16,20,24H,2-4,6-8,10H2,1H3. The summed E-state index contributed by atoms with van der Waals surface area (Å²) in [6.07, 6.45) is 9.19. The summed E-state index contributed by atoms with van der Waals surface area (Å²) in [5.41, 5.74) is 6.49. The number of aromatic nitrogens is 1. The Labute approximate surface area is 171 Å². The fourth-order valence-electron chi connectivity index (χ4n) is 4.59. The topological polar surface area (TPSA) is 79.4 Å². The van der Waals surface area contributed by atoms with E-state index in [1.54, 1.807) is 4.90 Å². The van der Waals surface area contributed by atoms with Gasteiger partial charge in [-0.25, -0.2) is 13.1 Å². The number of pyridine rings is 1. The number of nitrogens with zero attached hydrogens (tertiary/aromatic N) is 2. The van der Waals surface area contributed by atoms with E-state index in [0.29, 0.717) is 6.42 Å². The van der Waals surface area contributed by atoms with Crippen LogP contribution < -0.4 is 9.62 Å². The molecule has 0 bridgehead atoms. The predicted molar refractivity (Wildman–Crippen MR) is 112 cm³/mol. The molecule has 1 fully saturated rings. The summed E-state index contributed by atoms with van der Waals surface area (Å²) < 4.78 is 27.9. The van der Waals surface area contributed by atoms with Crippen molar-refractivity contribution in [2.24, 2.45) is 0 Å². The smallest absolute Gasteiger partial charge is 0.227 e. The van der Waals surface area contributed by atoms with Gasteiger partial charge >= 0.3 is 0 Å². The Balaban J connectivity index is 1.51. The molecule has 0 radical (unpaired) electrons. The van der Waals surface area contributed by atoms with Crippen molar-refractivity contribution in [2.75, 3.05) is 11.9 Å². The molecule has 2 aromatic rings. The Morgan fingerprint density at radius 3 is 2.72 bits per heavy atom. The maximum absolute atomic E-state index is 12.5. The molecule has 1 aromatic heterocycles. The van der Waals surface area contributed by atoms with Crippen LogP contribution >= 0.6 is 0 Å². The van der Waals surface area contributed by atoms with Gasteiger partial charge in [-0.15, -0.1) is 0 Å². The van der Waals surface area contributed by atoms with Gasteiger partial charge in [-0.2, -0.15) is 0 Å². The Hall–Kier alpha value is -2.25. The van der Waals surface area contributed by atoms with Crippen molar-refractivity contribution in [2.45, 2.75) is 56.2 Å². The molecular weight excluding hydrogens is 386 g/mol. The van der Waals surface area contributed by atoms with Gasteiger partial charge in [0, 0.05) is 43.2 Å². The van der Waals surface area contributed by atoms with Crippen LogP contribution in [0.5, 0.6) is 0 Å². The second-order valence-electron chi connectivity index (χ2n) is 8.36. The summed E-state index contributed by atoms with van der Waals surface area (Å²) in [4.78, 5) is 18.1. The van der Waals surface area contributed by atoms with Gasteiger partial charge in [-0.05, 0) is 72.9 Å². The summed E-state index contributed by atoms with van der Waals surface area (Å²) in [5.74, 6) is 0.148. The highest BCUT2D eigenvalue weighted by molar-refractivity contribution is 7.90. The van der Waals surface area contributed by atoms with E-state index in [-0.39, 0.29) is 17.2 Å². The van der Waals surface area contributed by atoms with Crippen molar-refractivity contribution in [3.8, 4) is 11.1 Å². The van der Waals surface area contributed by atoms with E-state index in [2.05, 4.69) is 15.8 Å². The minimum Gasteiger partial charge on any atom is -0.315 e. The third-order valence-corrected chi connectivity index (χ3v) is 8.35. The van der Waals surface area contributed by atoms with Crippen molar-refractivity contribution in [1.29, 1.82) is 0 Å². The van der Waals surface area contributed by atoms with Crippen LogP contribution in [0.1, 0.15) is 54.8 Å². The molecule has 2 heterocycles. The molecule has 29 heavy (non-hydrogen) atoms. The maximum atomic E-state index is 12.5. The summed E-state index contributed by atoms with van der Waals surface area (Å²) >= 11 is 0. The van der Waals surface area contributed by atoms with Gasteiger partial charge in [0.05, 0.1) is 5.25 Å². The fourth-order valence-corrected chi connectivity index (χ4v) is 6.18. The molecule has 1 amide bonds. The lowest BCUT2D eigenvalue weighted by atomic mass is 9.84. The van der Waals surface area contributed by atoms with Crippen molar-refractivity contribution < 1.29 is 13.2 Å². The molecule has 0 spiro atoms. The highest BCUT2D eigenvalue weighted by Gasteiger charge is 2.38. The Kier molecular flexibility index (Phi) is 4.47. The van der Waals surface area contributed by atoms with Crippen molar-refractivity contribution in [1.82, 2.24) is 9.71 Å². The average Bonchev–Trinajstić information content (AvgIpc) is 3.56. The van der Waals surface area contributed by atoms with E-state index in [9.17, 15) is 13.2 Å². The number of amides is 1. The second kappa shape index (κ2) is 6.92. The number of benzene rings is 1. The Bertz CT molecular complexity index is 1090. The van der Waals surface area contributed by atoms with Gasteiger partial charge in [0.2, 0.25) is 15.9 Å². The number of rotatable bonds is 4. The molecule has 2 aliphatic carbocycles. The molecule has 6 nitrogen and oxygen atoms in total. The number of sulfonamides is 1. The lowest BCUT2D eigenvalue weighted by Gasteiger charge is -2.29. The van der Waals surface area contributed by atoms with Gasteiger partial charge in [0.25, 0.3) is 0 Å². The maximum Gasteiger partial charge on any atom is 0.227 e. The first-order chi connectivity index (χ1) is 13.9. The molecular formula is C22H25N3O3S. The number of fused-ring (bicyclic) bond motifs is 2. The first kappa shape index (κ1) is 18.8. The van der Waals surface area contributed by atoms with Crippen molar-refractivity contribution in [3.63, 3.8) is 0 Å². The molecule has 5 rings (SSSR count). The zero-order valence-corrected chi connectivity index (χ0v) is 17.3. The van der Waals surface area contributed by atoms with E-state index in [0.717, 1.165) is 60.9 Å². The minimum absolute atomic E-state index is 0.148. The molecule has 152 valence electrons. The number of carbonyl (C=O) groups is 1. The molecule has 7 heteroatoms. The number of carbonyl (C=O) groups excluding carboxylic acids is 1. The molecule has 0 saturated heterocycles. The largest absolute Gasteiger partial charge is 0.315 e. The van der Waals surface area contributed by atoms with Crippen LogP contribution in [-0.4, -0.2) is 31.6 Å². The van der Waals surface area contributed by atoms with Gasteiger partial charge in [-0.3, -0.25) is 9.78 Å². The highest BCUT2D eigenvalue weighted by atomic mass is 32.2. The zero-order valence-electron chi connectivity index (χ0n) is 16.5. The van der Waals surface area contributed by atoms with Gasteiger partial charge in [0.1, 0.15) is 0 Å². The third kappa shape index (κ3) is 3.36. The lowest BCUT2D eigenvalue weighted by molar-refractivity contribution is -0.118.